The summed E-state index contributed by atoms with van der Waals surface area (Å²) in [4.78, 5) is 13.8. The van der Waals surface area contributed by atoms with Gasteiger partial charge in [-0.2, -0.15) is 5.26 Å². The number of carbonyl (C=O) groups is 1. The van der Waals surface area contributed by atoms with Crippen molar-refractivity contribution in [1.29, 1.82) is 5.26 Å². The minimum absolute atomic E-state index is 0.0469. The van der Waals surface area contributed by atoms with Crippen LogP contribution in [-0.4, -0.2) is 57.4 Å². The summed E-state index contributed by atoms with van der Waals surface area (Å²) in [6.07, 6.45) is 2.39. The summed E-state index contributed by atoms with van der Waals surface area (Å²) in [6.45, 7) is 6.12. The van der Waals surface area contributed by atoms with Crippen LogP contribution in [0.4, 0.5) is 0 Å². The van der Waals surface area contributed by atoms with Gasteiger partial charge in [0.05, 0.1) is 13.2 Å². The molecule has 0 aromatic carbocycles. The highest BCUT2D eigenvalue weighted by Gasteiger charge is 2.13. The fraction of sp³-hybridized carbons (Fsp3) is 0.714. The first-order valence-electron chi connectivity index (χ1n) is 6.73. The Morgan fingerprint density at radius 1 is 1.35 bits per heavy atom. The highest BCUT2D eigenvalue weighted by molar-refractivity contribution is 5.97. The van der Waals surface area contributed by atoms with Crippen LogP contribution in [0.15, 0.2) is 11.8 Å². The molecule has 6 nitrogen and oxygen atoms in total. The lowest BCUT2D eigenvalue weighted by Crippen LogP contribution is -2.34. The predicted molar refractivity (Wildman–Crippen MR) is 76.9 cm³/mol. The number of nitriles is 1. The summed E-state index contributed by atoms with van der Waals surface area (Å²) in [5.74, 6) is -0.346. The summed E-state index contributed by atoms with van der Waals surface area (Å²) in [5.41, 5.74) is 0.0949. The molecule has 114 valence electrons. The van der Waals surface area contributed by atoms with Crippen LogP contribution in [0, 0.1) is 11.3 Å². The van der Waals surface area contributed by atoms with Crippen LogP contribution in [0.5, 0.6) is 0 Å². The lowest BCUT2D eigenvalue weighted by atomic mass is 10.2. The van der Waals surface area contributed by atoms with Crippen LogP contribution in [0.25, 0.3) is 0 Å². The molecule has 1 atom stereocenters. The van der Waals surface area contributed by atoms with Gasteiger partial charge in [0.2, 0.25) is 0 Å². The fourth-order valence-electron chi connectivity index (χ4n) is 1.38. The average Bonchev–Trinajstić information content (AvgIpc) is 2.46. The molecule has 0 aliphatic carbocycles. The number of hydrogen-bond donors (Lipinski definition) is 1. The third-order valence-electron chi connectivity index (χ3n) is 2.83. The first-order chi connectivity index (χ1) is 9.58. The number of methoxy groups -OCH3 is 2. The van der Waals surface area contributed by atoms with Crippen molar-refractivity contribution in [2.75, 3.05) is 40.5 Å². The molecule has 0 rings (SSSR count). The molecule has 0 bridgehead atoms. The summed E-state index contributed by atoms with van der Waals surface area (Å²) >= 11 is 0. The van der Waals surface area contributed by atoms with E-state index in [9.17, 15) is 4.79 Å². The van der Waals surface area contributed by atoms with Crippen molar-refractivity contribution < 1.29 is 14.3 Å². The number of nitrogens with one attached hydrogen (secondary N) is 1. The minimum atomic E-state index is -0.346. The molecule has 0 aromatic heterocycles. The number of nitrogens with zero attached hydrogens (tertiary/aromatic N) is 2. The van der Waals surface area contributed by atoms with Crippen molar-refractivity contribution >= 4 is 5.91 Å². The summed E-state index contributed by atoms with van der Waals surface area (Å²) in [7, 11) is 3.22. The van der Waals surface area contributed by atoms with Gasteiger partial charge in [0, 0.05) is 39.6 Å². The quantitative estimate of drug-likeness (QED) is 0.476. The van der Waals surface area contributed by atoms with Crippen LogP contribution in [-0.2, 0) is 14.3 Å². The second-order valence-corrected chi connectivity index (χ2v) is 4.46. The zero-order valence-electron chi connectivity index (χ0n) is 12.8. The Kier molecular flexibility index (Phi) is 10.4. The molecule has 0 saturated heterocycles. The molecule has 0 saturated carbocycles. The molecule has 0 fully saturated rings. The van der Waals surface area contributed by atoms with Gasteiger partial charge in [0.25, 0.3) is 5.91 Å². The van der Waals surface area contributed by atoms with Crippen molar-refractivity contribution in [2.24, 2.45) is 0 Å². The number of hydrogen-bond acceptors (Lipinski definition) is 5. The van der Waals surface area contributed by atoms with E-state index >= 15 is 0 Å². The van der Waals surface area contributed by atoms with Gasteiger partial charge in [-0.3, -0.25) is 4.79 Å². The van der Waals surface area contributed by atoms with Gasteiger partial charge < -0.3 is 19.7 Å². The number of ether oxygens (including phenoxy) is 2. The van der Waals surface area contributed by atoms with Crippen molar-refractivity contribution in [3.05, 3.63) is 11.8 Å². The minimum Gasteiger partial charge on any atom is -0.383 e. The molecule has 0 radical (unpaired) electrons. The van der Waals surface area contributed by atoms with E-state index in [1.165, 1.54) is 0 Å². The van der Waals surface area contributed by atoms with Gasteiger partial charge in [-0.25, -0.2) is 0 Å². The van der Waals surface area contributed by atoms with Crippen molar-refractivity contribution in [2.45, 2.75) is 26.3 Å². The number of carbonyl (C=O) groups excluding carboxylic acids is 1. The molecule has 1 N–H and O–H groups in total. The van der Waals surface area contributed by atoms with Crippen LogP contribution >= 0.6 is 0 Å². The summed E-state index contributed by atoms with van der Waals surface area (Å²) < 4.78 is 10.0. The molecule has 1 amide bonds. The van der Waals surface area contributed by atoms with Crippen molar-refractivity contribution in [1.82, 2.24) is 10.2 Å². The molecular weight excluding hydrogens is 258 g/mol. The Labute approximate surface area is 121 Å². The van der Waals surface area contributed by atoms with E-state index in [-0.39, 0.29) is 17.5 Å². The Morgan fingerprint density at radius 2 is 1.90 bits per heavy atom. The highest BCUT2D eigenvalue weighted by Crippen LogP contribution is 2.00. The Balaban J connectivity index is 4.75. The van der Waals surface area contributed by atoms with E-state index in [0.29, 0.717) is 26.3 Å². The maximum Gasteiger partial charge on any atom is 0.263 e. The van der Waals surface area contributed by atoms with E-state index in [1.54, 1.807) is 20.4 Å². The fourth-order valence-corrected chi connectivity index (χ4v) is 1.38. The second kappa shape index (κ2) is 11.3. The summed E-state index contributed by atoms with van der Waals surface area (Å²) in [5, 5.41) is 11.9. The van der Waals surface area contributed by atoms with Crippen LogP contribution in [0.3, 0.4) is 0 Å². The maximum atomic E-state index is 11.9. The lowest BCUT2D eigenvalue weighted by Gasteiger charge is -2.20. The summed E-state index contributed by atoms with van der Waals surface area (Å²) in [6, 6.07) is 1.99. The highest BCUT2D eigenvalue weighted by atomic mass is 16.5. The molecular formula is C14H25N3O3. The van der Waals surface area contributed by atoms with Crippen LogP contribution < -0.4 is 5.32 Å². The smallest absolute Gasteiger partial charge is 0.263 e. The molecule has 1 unspecified atom stereocenters. The average molecular weight is 283 g/mol. The molecule has 20 heavy (non-hydrogen) atoms. The van der Waals surface area contributed by atoms with Crippen LogP contribution in [0.1, 0.15) is 20.3 Å². The SMILES string of the molecule is CCC(C)NC(=O)/C(C#N)=C\N(CCOC)CCOC. The number of rotatable bonds is 10. The van der Waals surface area contributed by atoms with Gasteiger partial charge >= 0.3 is 0 Å². The van der Waals surface area contributed by atoms with Gasteiger partial charge in [-0.05, 0) is 13.3 Å². The number of amides is 1. The monoisotopic (exact) mass is 283 g/mol. The third-order valence-corrected chi connectivity index (χ3v) is 2.83. The Bertz CT molecular complexity index is 342. The van der Waals surface area contributed by atoms with E-state index in [1.807, 2.05) is 24.8 Å². The Morgan fingerprint density at radius 3 is 2.30 bits per heavy atom. The molecule has 0 aliphatic heterocycles. The lowest BCUT2D eigenvalue weighted by molar-refractivity contribution is -0.117. The maximum absolute atomic E-state index is 11.9. The molecule has 0 aromatic rings. The Hall–Kier alpha value is -1.58. The zero-order valence-corrected chi connectivity index (χ0v) is 12.8. The van der Waals surface area contributed by atoms with E-state index < -0.39 is 0 Å². The van der Waals surface area contributed by atoms with Crippen LogP contribution in [0.2, 0.25) is 0 Å². The molecule has 0 spiro atoms. The first kappa shape index (κ1) is 18.4. The first-order valence-corrected chi connectivity index (χ1v) is 6.73. The third kappa shape index (κ3) is 7.77. The second-order valence-electron chi connectivity index (χ2n) is 4.46. The van der Waals surface area contributed by atoms with Crippen molar-refractivity contribution in [3.8, 4) is 6.07 Å². The molecule has 6 heteroatoms. The van der Waals surface area contributed by atoms with E-state index in [2.05, 4.69) is 5.32 Å². The van der Waals surface area contributed by atoms with Gasteiger partial charge in [0.15, 0.2) is 0 Å². The standard InChI is InChI=1S/C14H25N3O3/c1-5-12(2)16-14(18)13(10-15)11-17(6-8-19-3)7-9-20-4/h11-12H,5-9H2,1-4H3,(H,16,18)/b13-11-. The van der Waals surface area contributed by atoms with Gasteiger partial charge in [-0.1, -0.05) is 6.92 Å². The van der Waals surface area contributed by atoms with E-state index in [0.717, 1.165) is 6.42 Å². The molecule has 0 aliphatic rings. The van der Waals surface area contributed by atoms with E-state index in [4.69, 9.17) is 14.7 Å². The van der Waals surface area contributed by atoms with Gasteiger partial charge in [-0.15, -0.1) is 0 Å². The predicted octanol–water partition coefficient (Wildman–Crippen LogP) is 0.903. The zero-order chi connectivity index (χ0) is 15.4. The molecule has 0 heterocycles. The largest absolute Gasteiger partial charge is 0.383 e. The van der Waals surface area contributed by atoms with Crippen molar-refractivity contribution in [3.63, 3.8) is 0 Å². The normalized spacial score (nSPS) is 12.7. The van der Waals surface area contributed by atoms with Gasteiger partial charge in [0.1, 0.15) is 11.6 Å². The topological polar surface area (TPSA) is 74.6 Å².